The predicted molar refractivity (Wildman–Crippen MR) is 77.7 cm³/mol. The van der Waals surface area contributed by atoms with Crippen molar-refractivity contribution in [1.82, 2.24) is 10.3 Å². The smallest absolute Gasteiger partial charge is 0.0570 e. The van der Waals surface area contributed by atoms with Crippen LogP contribution in [0.3, 0.4) is 0 Å². The highest BCUT2D eigenvalue weighted by Gasteiger charge is 2.33. The standard InChI is InChI=1S/C17H20N2/c1-13(16-9-5-6-12-18-16)19-17(15-10-11-15)14-7-3-2-4-8-14/h2-9,12-13,15,17,19H,10-11H2,1H3/t13-,17?/m0/s1. The maximum atomic E-state index is 4.44. The van der Waals surface area contributed by atoms with E-state index in [-0.39, 0.29) is 6.04 Å². The summed E-state index contributed by atoms with van der Waals surface area (Å²) in [5.74, 6) is 0.786. The lowest BCUT2D eigenvalue weighted by Gasteiger charge is -2.23. The van der Waals surface area contributed by atoms with E-state index in [0.29, 0.717) is 6.04 Å². The Morgan fingerprint density at radius 1 is 1.05 bits per heavy atom. The van der Waals surface area contributed by atoms with E-state index in [1.165, 1.54) is 18.4 Å². The highest BCUT2D eigenvalue weighted by molar-refractivity contribution is 5.22. The molecule has 3 rings (SSSR count). The zero-order valence-electron chi connectivity index (χ0n) is 11.3. The van der Waals surface area contributed by atoms with Crippen molar-refractivity contribution in [2.45, 2.75) is 31.8 Å². The van der Waals surface area contributed by atoms with Crippen LogP contribution in [0.1, 0.15) is 43.1 Å². The van der Waals surface area contributed by atoms with Crippen LogP contribution >= 0.6 is 0 Å². The molecule has 0 bridgehead atoms. The molecule has 98 valence electrons. The molecule has 1 aliphatic carbocycles. The Kier molecular flexibility index (Phi) is 3.60. The second-order valence-corrected chi connectivity index (χ2v) is 5.37. The largest absolute Gasteiger partial charge is 0.302 e. The summed E-state index contributed by atoms with van der Waals surface area (Å²) in [6.45, 7) is 2.20. The minimum atomic E-state index is 0.284. The minimum absolute atomic E-state index is 0.284. The molecule has 1 saturated carbocycles. The summed E-state index contributed by atoms with van der Waals surface area (Å²) >= 11 is 0. The van der Waals surface area contributed by atoms with Crippen molar-refractivity contribution < 1.29 is 0 Å². The summed E-state index contributed by atoms with van der Waals surface area (Å²) in [5, 5.41) is 3.75. The van der Waals surface area contributed by atoms with Crippen LogP contribution in [-0.2, 0) is 0 Å². The Balaban J connectivity index is 1.76. The molecule has 2 aromatic rings. The fraction of sp³-hybridized carbons (Fsp3) is 0.353. The van der Waals surface area contributed by atoms with E-state index in [2.05, 4.69) is 59.7 Å². The molecule has 2 atom stereocenters. The normalized spacial score (nSPS) is 17.9. The molecular weight excluding hydrogens is 232 g/mol. The van der Waals surface area contributed by atoms with Crippen LogP contribution in [-0.4, -0.2) is 4.98 Å². The average molecular weight is 252 g/mol. The highest BCUT2D eigenvalue weighted by atomic mass is 15.0. The van der Waals surface area contributed by atoms with Gasteiger partial charge in [-0.15, -0.1) is 0 Å². The van der Waals surface area contributed by atoms with Crippen LogP contribution in [0.2, 0.25) is 0 Å². The molecule has 2 heteroatoms. The van der Waals surface area contributed by atoms with Crippen molar-refractivity contribution in [3.8, 4) is 0 Å². The van der Waals surface area contributed by atoms with Gasteiger partial charge in [0, 0.05) is 18.3 Å². The van der Waals surface area contributed by atoms with Gasteiger partial charge in [-0.25, -0.2) is 0 Å². The Labute approximate surface area is 114 Å². The van der Waals surface area contributed by atoms with Crippen LogP contribution in [0.15, 0.2) is 54.7 Å². The van der Waals surface area contributed by atoms with Gasteiger partial charge in [-0.05, 0) is 43.4 Å². The van der Waals surface area contributed by atoms with Gasteiger partial charge in [0.1, 0.15) is 0 Å². The van der Waals surface area contributed by atoms with Crippen molar-refractivity contribution in [3.63, 3.8) is 0 Å². The fourth-order valence-corrected chi connectivity index (χ4v) is 2.58. The van der Waals surface area contributed by atoms with E-state index in [1.54, 1.807) is 0 Å². The molecule has 0 amide bonds. The van der Waals surface area contributed by atoms with Gasteiger partial charge in [0.2, 0.25) is 0 Å². The van der Waals surface area contributed by atoms with Gasteiger partial charge in [-0.2, -0.15) is 0 Å². The predicted octanol–water partition coefficient (Wildman–Crippen LogP) is 3.88. The summed E-state index contributed by atoms with van der Waals surface area (Å²) in [4.78, 5) is 4.44. The SMILES string of the molecule is C[C@H](NC(c1ccccc1)C1CC1)c1ccccn1. The van der Waals surface area contributed by atoms with Gasteiger partial charge in [-0.1, -0.05) is 36.4 Å². The molecule has 1 heterocycles. The van der Waals surface area contributed by atoms with Crippen LogP contribution in [0.4, 0.5) is 0 Å². The van der Waals surface area contributed by atoms with Crippen molar-refractivity contribution in [2.24, 2.45) is 5.92 Å². The van der Waals surface area contributed by atoms with Crippen LogP contribution < -0.4 is 5.32 Å². The quantitative estimate of drug-likeness (QED) is 0.873. The van der Waals surface area contributed by atoms with Crippen molar-refractivity contribution in [3.05, 3.63) is 66.0 Å². The summed E-state index contributed by atoms with van der Waals surface area (Å²) in [7, 11) is 0. The second kappa shape index (κ2) is 5.54. The number of nitrogens with one attached hydrogen (secondary N) is 1. The molecule has 2 nitrogen and oxygen atoms in total. The van der Waals surface area contributed by atoms with Crippen LogP contribution in [0, 0.1) is 5.92 Å². The third-order valence-electron chi connectivity index (χ3n) is 3.81. The van der Waals surface area contributed by atoms with Crippen molar-refractivity contribution in [2.75, 3.05) is 0 Å². The third kappa shape index (κ3) is 3.02. The van der Waals surface area contributed by atoms with Gasteiger partial charge in [-0.3, -0.25) is 4.98 Å². The summed E-state index contributed by atoms with van der Waals surface area (Å²) in [6.07, 6.45) is 4.53. The molecular formula is C17H20N2. The first-order valence-electron chi connectivity index (χ1n) is 7.06. The molecule has 0 aliphatic heterocycles. The monoisotopic (exact) mass is 252 g/mol. The topological polar surface area (TPSA) is 24.9 Å². The van der Waals surface area contributed by atoms with Crippen molar-refractivity contribution >= 4 is 0 Å². The number of benzene rings is 1. The van der Waals surface area contributed by atoms with Gasteiger partial charge < -0.3 is 5.32 Å². The Hall–Kier alpha value is -1.67. The molecule has 1 aromatic carbocycles. The number of nitrogens with zero attached hydrogens (tertiary/aromatic N) is 1. The van der Waals surface area contributed by atoms with E-state index in [0.717, 1.165) is 11.6 Å². The molecule has 19 heavy (non-hydrogen) atoms. The Morgan fingerprint density at radius 3 is 2.42 bits per heavy atom. The highest BCUT2D eigenvalue weighted by Crippen LogP contribution is 2.41. The molecule has 0 saturated heterocycles. The molecule has 0 spiro atoms. The lowest BCUT2D eigenvalue weighted by molar-refractivity contribution is 0.422. The second-order valence-electron chi connectivity index (χ2n) is 5.37. The number of hydrogen-bond donors (Lipinski definition) is 1. The van der Waals surface area contributed by atoms with E-state index >= 15 is 0 Å². The molecule has 1 unspecified atom stereocenters. The lowest BCUT2D eigenvalue weighted by atomic mass is 10.0. The molecule has 1 fully saturated rings. The maximum Gasteiger partial charge on any atom is 0.0570 e. The van der Waals surface area contributed by atoms with Crippen LogP contribution in [0.5, 0.6) is 0 Å². The van der Waals surface area contributed by atoms with Gasteiger partial charge >= 0.3 is 0 Å². The van der Waals surface area contributed by atoms with E-state index in [4.69, 9.17) is 0 Å². The number of rotatable bonds is 5. The average Bonchev–Trinajstić information content (AvgIpc) is 3.31. The molecule has 1 N–H and O–H groups in total. The Morgan fingerprint density at radius 2 is 1.79 bits per heavy atom. The fourth-order valence-electron chi connectivity index (χ4n) is 2.58. The zero-order chi connectivity index (χ0) is 13.1. The van der Waals surface area contributed by atoms with Gasteiger partial charge in [0.25, 0.3) is 0 Å². The first-order valence-corrected chi connectivity index (χ1v) is 7.06. The first-order chi connectivity index (χ1) is 9.34. The summed E-state index contributed by atoms with van der Waals surface area (Å²) in [5.41, 5.74) is 2.51. The summed E-state index contributed by atoms with van der Waals surface area (Å²) < 4.78 is 0. The van der Waals surface area contributed by atoms with Gasteiger partial charge in [0.15, 0.2) is 0 Å². The third-order valence-corrected chi connectivity index (χ3v) is 3.81. The molecule has 1 aliphatic rings. The molecule has 1 aromatic heterocycles. The van der Waals surface area contributed by atoms with E-state index in [1.807, 2.05) is 12.3 Å². The Bertz CT molecular complexity index is 505. The molecule has 0 radical (unpaired) electrons. The van der Waals surface area contributed by atoms with Gasteiger partial charge in [0.05, 0.1) is 5.69 Å². The maximum absolute atomic E-state index is 4.44. The minimum Gasteiger partial charge on any atom is -0.302 e. The number of aromatic nitrogens is 1. The van der Waals surface area contributed by atoms with Crippen LogP contribution in [0.25, 0.3) is 0 Å². The lowest BCUT2D eigenvalue weighted by Crippen LogP contribution is -2.26. The summed E-state index contributed by atoms with van der Waals surface area (Å²) in [6, 6.07) is 17.6. The zero-order valence-corrected chi connectivity index (χ0v) is 11.3. The van der Waals surface area contributed by atoms with Crippen molar-refractivity contribution in [1.29, 1.82) is 0 Å². The number of pyridine rings is 1. The van der Waals surface area contributed by atoms with E-state index < -0.39 is 0 Å². The first kappa shape index (κ1) is 12.4. The number of hydrogen-bond acceptors (Lipinski definition) is 2. The van der Waals surface area contributed by atoms with E-state index in [9.17, 15) is 0 Å².